The van der Waals surface area contributed by atoms with E-state index in [0.717, 1.165) is 6.26 Å². The minimum absolute atomic E-state index is 0.0353. The Labute approximate surface area is 105 Å². The Kier molecular flexibility index (Phi) is 4.62. The molecule has 102 valence electrons. The number of nitrogens with zero attached hydrogens (tertiary/aromatic N) is 3. The van der Waals surface area contributed by atoms with Gasteiger partial charge in [0.25, 0.3) is 0 Å². The third-order valence-electron chi connectivity index (χ3n) is 1.85. The quantitative estimate of drug-likeness (QED) is 0.442. The van der Waals surface area contributed by atoms with Crippen LogP contribution in [0.15, 0.2) is 0 Å². The van der Waals surface area contributed by atoms with Crippen LogP contribution in [0.3, 0.4) is 0 Å². The number of nitrogens with two attached hydrogens (primary N) is 1. The van der Waals surface area contributed by atoms with E-state index in [4.69, 9.17) is 10.6 Å². The minimum Gasteiger partial charge on any atom is -0.467 e. The van der Waals surface area contributed by atoms with Gasteiger partial charge >= 0.3 is 6.01 Å². The minimum atomic E-state index is -3.08. The molecule has 0 spiro atoms. The van der Waals surface area contributed by atoms with Crippen molar-refractivity contribution in [2.75, 3.05) is 29.9 Å². The first-order valence-electron chi connectivity index (χ1n) is 5.05. The summed E-state index contributed by atoms with van der Waals surface area (Å²) in [4.78, 5) is 11.7. The summed E-state index contributed by atoms with van der Waals surface area (Å²) in [5, 5.41) is 2.83. The van der Waals surface area contributed by atoms with Crippen LogP contribution in [0.2, 0.25) is 0 Å². The van der Waals surface area contributed by atoms with Gasteiger partial charge in [-0.1, -0.05) is 0 Å². The number of hydrogen-bond donors (Lipinski definition) is 3. The first kappa shape index (κ1) is 14.4. The summed E-state index contributed by atoms with van der Waals surface area (Å²) in [7, 11) is -1.68. The second kappa shape index (κ2) is 5.78. The summed E-state index contributed by atoms with van der Waals surface area (Å²) in [6.07, 6.45) is 1.16. The second-order valence-electron chi connectivity index (χ2n) is 3.75. The van der Waals surface area contributed by atoms with E-state index in [-0.39, 0.29) is 29.7 Å². The summed E-state index contributed by atoms with van der Waals surface area (Å²) >= 11 is 0. The number of methoxy groups -OCH3 is 1. The molecular weight excluding hydrogens is 260 g/mol. The number of ether oxygens (including phenoxy) is 1. The smallest absolute Gasteiger partial charge is 0.322 e. The molecule has 0 radical (unpaired) electrons. The molecule has 10 heteroatoms. The predicted molar refractivity (Wildman–Crippen MR) is 67.0 cm³/mol. The number of nitrogens with one attached hydrogen (secondary N) is 2. The van der Waals surface area contributed by atoms with Gasteiger partial charge in [-0.2, -0.15) is 15.0 Å². The summed E-state index contributed by atoms with van der Waals surface area (Å²) in [6, 6.07) is -0.273. The monoisotopic (exact) mass is 276 g/mol. The molecule has 1 aromatic rings. The van der Waals surface area contributed by atoms with Crippen LogP contribution in [0.5, 0.6) is 6.01 Å². The maximum absolute atomic E-state index is 11.1. The zero-order chi connectivity index (χ0) is 13.8. The van der Waals surface area contributed by atoms with E-state index >= 15 is 0 Å². The van der Waals surface area contributed by atoms with E-state index in [1.165, 1.54) is 7.11 Å². The van der Waals surface area contributed by atoms with Crippen molar-refractivity contribution in [3.63, 3.8) is 0 Å². The first-order valence-corrected chi connectivity index (χ1v) is 7.11. The third kappa shape index (κ3) is 4.67. The predicted octanol–water partition coefficient (Wildman–Crippen LogP) is -0.989. The largest absolute Gasteiger partial charge is 0.467 e. The lowest BCUT2D eigenvalue weighted by molar-refractivity contribution is 0.379. The molecular formula is C8H16N6O3S. The lowest BCUT2D eigenvalue weighted by Crippen LogP contribution is -2.26. The van der Waals surface area contributed by atoms with Gasteiger partial charge in [-0.05, 0) is 6.92 Å². The van der Waals surface area contributed by atoms with Crippen molar-refractivity contribution in [1.82, 2.24) is 15.0 Å². The number of rotatable bonds is 6. The zero-order valence-electron chi connectivity index (χ0n) is 10.3. The van der Waals surface area contributed by atoms with E-state index < -0.39 is 9.84 Å². The van der Waals surface area contributed by atoms with Gasteiger partial charge < -0.3 is 10.1 Å². The van der Waals surface area contributed by atoms with Crippen molar-refractivity contribution in [2.45, 2.75) is 13.0 Å². The van der Waals surface area contributed by atoms with Crippen LogP contribution < -0.4 is 21.3 Å². The van der Waals surface area contributed by atoms with Crippen molar-refractivity contribution < 1.29 is 13.2 Å². The molecule has 0 bridgehead atoms. The lowest BCUT2D eigenvalue weighted by atomic mass is 10.4. The summed E-state index contributed by atoms with van der Waals surface area (Å²) in [5.74, 6) is 5.46. The van der Waals surface area contributed by atoms with Crippen LogP contribution >= 0.6 is 0 Å². The molecule has 1 unspecified atom stereocenters. The van der Waals surface area contributed by atoms with Gasteiger partial charge in [0, 0.05) is 12.3 Å². The van der Waals surface area contributed by atoms with Crippen LogP contribution in [0, 0.1) is 0 Å². The number of aromatic nitrogens is 3. The molecule has 0 aliphatic carbocycles. The molecule has 4 N–H and O–H groups in total. The average Bonchev–Trinajstić information content (AvgIpc) is 2.25. The normalized spacial score (nSPS) is 12.9. The maximum atomic E-state index is 11.1. The maximum Gasteiger partial charge on any atom is 0.322 e. The molecule has 0 amide bonds. The van der Waals surface area contributed by atoms with E-state index in [1.54, 1.807) is 6.92 Å². The topological polar surface area (TPSA) is 132 Å². The van der Waals surface area contributed by atoms with E-state index in [9.17, 15) is 8.42 Å². The SMILES string of the molecule is COc1nc(NN)nc(NC(C)CS(C)(=O)=O)n1. The molecule has 0 fully saturated rings. The Bertz CT molecular complexity index is 483. The fourth-order valence-corrected chi connectivity index (χ4v) is 2.28. The highest BCUT2D eigenvalue weighted by Crippen LogP contribution is 2.11. The van der Waals surface area contributed by atoms with Crippen LogP contribution in [0.1, 0.15) is 6.92 Å². The molecule has 1 atom stereocenters. The molecule has 0 saturated heterocycles. The van der Waals surface area contributed by atoms with Crippen LogP contribution in [0.25, 0.3) is 0 Å². The van der Waals surface area contributed by atoms with Crippen molar-refractivity contribution in [3.8, 4) is 6.01 Å². The van der Waals surface area contributed by atoms with Crippen molar-refractivity contribution >= 4 is 21.7 Å². The van der Waals surface area contributed by atoms with Gasteiger partial charge in [0.15, 0.2) is 0 Å². The Morgan fingerprint density at radius 2 is 1.94 bits per heavy atom. The highest BCUT2D eigenvalue weighted by molar-refractivity contribution is 7.90. The first-order chi connectivity index (χ1) is 8.34. The molecule has 18 heavy (non-hydrogen) atoms. The van der Waals surface area contributed by atoms with Crippen LogP contribution in [0.4, 0.5) is 11.9 Å². The molecule has 0 saturated carbocycles. The van der Waals surface area contributed by atoms with Gasteiger partial charge in [-0.15, -0.1) is 0 Å². The van der Waals surface area contributed by atoms with Crippen LogP contribution in [-0.2, 0) is 9.84 Å². The van der Waals surface area contributed by atoms with E-state index in [2.05, 4.69) is 25.7 Å². The standard InChI is InChI=1S/C8H16N6O3S/c1-5(4-18(3,15)16)10-6-11-7(14-9)13-8(12-6)17-2/h5H,4,9H2,1-3H3,(H2,10,11,12,13,14). The van der Waals surface area contributed by atoms with Gasteiger partial charge in [0.2, 0.25) is 11.9 Å². The molecule has 1 heterocycles. The molecule has 0 aromatic carbocycles. The summed E-state index contributed by atoms with van der Waals surface area (Å²) in [6.45, 7) is 1.70. The number of anilines is 2. The van der Waals surface area contributed by atoms with Crippen LogP contribution in [-0.4, -0.2) is 48.5 Å². The fourth-order valence-electron chi connectivity index (χ4n) is 1.29. The number of sulfone groups is 1. The average molecular weight is 276 g/mol. The Hall–Kier alpha value is -1.68. The van der Waals surface area contributed by atoms with E-state index in [0.29, 0.717) is 0 Å². The van der Waals surface area contributed by atoms with Crippen molar-refractivity contribution in [2.24, 2.45) is 5.84 Å². The number of hydrogen-bond acceptors (Lipinski definition) is 9. The molecule has 0 aliphatic rings. The Morgan fingerprint density at radius 3 is 2.44 bits per heavy atom. The van der Waals surface area contributed by atoms with Gasteiger partial charge in [-0.3, -0.25) is 5.43 Å². The highest BCUT2D eigenvalue weighted by atomic mass is 32.2. The summed E-state index contributed by atoms with van der Waals surface area (Å²) < 4.78 is 27.1. The van der Waals surface area contributed by atoms with E-state index in [1.807, 2.05) is 0 Å². The Balaban J connectivity index is 2.83. The van der Waals surface area contributed by atoms with Gasteiger partial charge in [0.05, 0.1) is 12.9 Å². The van der Waals surface area contributed by atoms with Crippen molar-refractivity contribution in [1.29, 1.82) is 0 Å². The highest BCUT2D eigenvalue weighted by Gasteiger charge is 2.13. The lowest BCUT2D eigenvalue weighted by Gasteiger charge is -2.13. The summed E-state index contributed by atoms with van der Waals surface area (Å²) in [5.41, 5.74) is 2.26. The Morgan fingerprint density at radius 1 is 1.33 bits per heavy atom. The van der Waals surface area contributed by atoms with Gasteiger partial charge in [0.1, 0.15) is 9.84 Å². The number of hydrazine groups is 1. The fraction of sp³-hybridized carbons (Fsp3) is 0.625. The van der Waals surface area contributed by atoms with Crippen molar-refractivity contribution in [3.05, 3.63) is 0 Å². The third-order valence-corrected chi connectivity index (χ3v) is 2.96. The molecule has 1 aromatic heterocycles. The molecule has 9 nitrogen and oxygen atoms in total. The number of nitrogen functional groups attached to an aromatic ring is 1. The second-order valence-corrected chi connectivity index (χ2v) is 5.94. The molecule has 0 aliphatic heterocycles. The zero-order valence-corrected chi connectivity index (χ0v) is 11.2. The molecule has 1 rings (SSSR count). The van der Waals surface area contributed by atoms with Gasteiger partial charge in [-0.25, -0.2) is 14.3 Å².